The normalized spacial score (nSPS) is 14.9. The lowest BCUT2D eigenvalue weighted by atomic mass is 10.1. The number of aryl methyl sites for hydroxylation is 2. The van der Waals surface area contributed by atoms with Crippen LogP contribution in [0.3, 0.4) is 0 Å². The molecule has 0 atom stereocenters. The Balaban J connectivity index is 2.04. The van der Waals surface area contributed by atoms with E-state index in [2.05, 4.69) is 10.4 Å². The number of ether oxygens (including phenoxy) is 1. The number of morpholine rings is 1. The van der Waals surface area contributed by atoms with Crippen LogP contribution in [-0.2, 0) is 21.8 Å². The monoisotopic (exact) mass is 435 g/mol. The molecule has 2 heterocycles. The van der Waals surface area contributed by atoms with Crippen molar-refractivity contribution in [1.29, 1.82) is 0 Å². The third-order valence-electron chi connectivity index (χ3n) is 5.15. The highest BCUT2D eigenvalue weighted by molar-refractivity contribution is 7.89. The summed E-state index contributed by atoms with van der Waals surface area (Å²) in [6.45, 7) is 8.53. The van der Waals surface area contributed by atoms with Crippen LogP contribution in [0.15, 0.2) is 29.2 Å². The molecule has 30 heavy (non-hydrogen) atoms. The van der Waals surface area contributed by atoms with Crippen LogP contribution < -0.4 is 10.2 Å². The number of aromatic nitrogens is 2. The summed E-state index contributed by atoms with van der Waals surface area (Å²) in [6.07, 6.45) is 0. The number of carbonyl (C=O) groups excluding carboxylic acids is 1. The Labute approximate surface area is 177 Å². The molecule has 164 valence electrons. The van der Waals surface area contributed by atoms with Crippen LogP contribution in [-0.4, -0.2) is 67.8 Å². The first-order chi connectivity index (χ1) is 14.3. The van der Waals surface area contributed by atoms with Crippen molar-refractivity contribution in [1.82, 2.24) is 14.1 Å². The summed E-state index contributed by atoms with van der Waals surface area (Å²) in [4.78, 5) is 15.4. The fraction of sp³-hybridized carbons (Fsp3) is 0.500. The van der Waals surface area contributed by atoms with Gasteiger partial charge in [-0.3, -0.25) is 9.48 Å². The minimum atomic E-state index is -3.69. The highest BCUT2D eigenvalue weighted by Crippen LogP contribution is 2.27. The fourth-order valence-corrected chi connectivity index (χ4v) is 5.05. The zero-order chi connectivity index (χ0) is 21.9. The van der Waals surface area contributed by atoms with Crippen molar-refractivity contribution >= 4 is 27.4 Å². The molecule has 1 aromatic heterocycles. The number of hydrogen-bond acceptors (Lipinski definition) is 6. The summed E-state index contributed by atoms with van der Waals surface area (Å²) in [7, 11) is -1.95. The van der Waals surface area contributed by atoms with Gasteiger partial charge in [0.1, 0.15) is 5.82 Å². The number of nitrogens with one attached hydrogen (secondary N) is 1. The molecule has 0 bridgehead atoms. The molecule has 1 aliphatic rings. The van der Waals surface area contributed by atoms with Crippen molar-refractivity contribution in [2.45, 2.75) is 25.7 Å². The molecule has 10 heteroatoms. The van der Waals surface area contributed by atoms with Crippen LogP contribution in [0.4, 0.5) is 11.5 Å². The van der Waals surface area contributed by atoms with Gasteiger partial charge in [-0.25, -0.2) is 8.42 Å². The number of rotatable bonds is 7. The fourth-order valence-electron chi connectivity index (χ4n) is 3.56. The lowest BCUT2D eigenvalue weighted by Crippen LogP contribution is -2.37. The first-order valence-corrected chi connectivity index (χ1v) is 11.5. The molecule has 0 spiro atoms. The van der Waals surface area contributed by atoms with E-state index >= 15 is 0 Å². The summed E-state index contributed by atoms with van der Waals surface area (Å²) < 4.78 is 34.4. The number of amides is 1. The van der Waals surface area contributed by atoms with Gasteiger partial charge in [0.25, 0.3) is 5.91 Å². The molecule has 1 aromatic carbocycles. The lowest BCUT2D eigenvalue weighted by Gasteiger charge is -2.30. The molecule has 0 saturated carbocycles. The topological polar surface area (TPSA) is 96.8 Å². The van der Waals surface area contributed by atoms with Crippen LogP contribution >= 0.6 is 0 Å². The average molecular weight is 436 g/mol. The number of carbonyl (C=O) groups is 1. The van der Waals surface area contributed by atoms with Gasteiger partial charge >= 0.3 is 0 Å². The quantitative estimate of drug-likeness (QED) is 0.713. The smallest absolute Gasteiger partial charge is 0.258 e. The maximum atomic E-state index is 13.2. The first kappa shape index (κ1) is 22.3. The minimum Gasteiger partial charge on any atom is -0.378 e. The van der Waals surface area contributed by atoms with Crippen molar-refractivity contribution in [3.8, 4) is 0 Å². The third-order valence-corrected chi connectivity index (χ3v) is 7.20. The molecular formula is C20H29N5O4S. The van der Waals surface area contributed by atoms with E-state index in [1.165, 1.54) is 10.4 Å². The average Bonchev–Trinajstić information content (AvgIpc) is 3.05. The van der Waals surface area contributed by atoms with Gasteiger partial charge in [0, 0.05) is 45.0 Å². The first-order valence-electron chi connectivity index (χ1n) is 10.1. The van der Waals surface area contributed by atoms with E-state index in [9.17, 15) is 13.2 Å². The Kier molecular flexibility index (Phi) is 6.79. The highest BCUT2D eigenvalue weighted by atomic mass is 32.2. The van der Waals surface area contributed by atoms with Gasteiger partial charge in [0.15, 0.2) is 0 Å². The Morgan fingerprint density at radius 2 is 1.87 bits per heavy atom. The zero-order valence-corrected chi connectivity index (χ0v) is 18.7. The van der Waals surface area contributed by atoms with Crippen molar-refractivity contribution in [3.63, 3.8) is 0 Å². The highest BCUT2D eigenvalue weighted by Gasteiger charge is 2.26. The largest absolute Gasteiger partial charge is 0.378 e. The second-order valence-corrected chi connectivity index (χ2v) is 9.05. The molecule has 9 nitrogen and oxygen atoms in total. The van der Waals surface area contributed by atoms with E-state index < -0.39 is 10.0 Å². The molecule has 1 saturated heterocycles. The number of hydrogen-bond donors (Lipinski definition) is 1. The maximum Gasteiger partial charge on any atom is 0.258 e. The predicted molar refractivity (Wildman–Crippen MR) is 115 cm³/mol. The van der Waals surface area contributed by atoms with Gasteiger partial charge in [-0.05, 0) is 25.1 Å². The molecule has 1 fully saturated rings. The molecule has 1 N–H and O–H groups in total. The minimum absolute atomic E-state index is 0.106. The second kappa shape index (κ2) is 9.15. The summed E-state index contributed by atoms with van der Waals surface area (Å²) in [5.74, 6) is 0.165. The van der Waals surface area contributed by atoms with E-state index in [0.717, 1.165) is 5.69 Å². The van der Waals surface area contributed by atoms with Crippen molar-refractivity contribution in [2.24, 2.45) is 7.05 Å². The van der Waals surface area contributed by atoms with E-state index in [1.807, 2.05) is 11.8 Å². The number of benzene rings is 1. The van der Waals surface area contributed by atoms with Crippen molar-refractivity contribution < 1.29 is 17.9 Å². The van der Waals surface area contributed by atoms with E-state index in [1.54, 1.807) is 43.8 Å². The summed E-state index contributed by atoms with van der Waals surface area (Å²) >= 11 is 0. The predicted octanol–water partition coefficient (Wildman–Crippen LogP) is 1.85. The van der Waals surface area contributed by atoms with Gasteiger partial charge in [-0.1, -0.05) is 13.8 Å². The molecule has 0 radical (unpaired) electrons. The molecule has 3 rings (SSSR count). The zero-order valence-electron chi connectivity index (χ0n) is 17.9. The number of anilines is 2. The van der Waals surface area contributed by atoms with Gasteiger partial charge in [-0.15, -0.1) is 0 Å². The van der Waals surface area contributed by atoms with Gasteiger partial charge in [0.2, 0.25) is 10.0 Å². The van der Waals surface area contributed by atoms with Crippen LogP contribution in [0.1, 0.15) is 29.9 Å². The van der Waals surface area contributed by atoms with E-state index in [0.29, 0.717) is 56.5 Å². The Morgan fingerprint density at radius 1 is 1.20 bits per heavy atom. The molecule has 1 amide bonds. The molecule has 0 aliphatic carbocycles. The van der Waals surface area contributed by atoms with Gasteiger partial charge < -0.3 is 15.0 Å². The SMILES string of the molecule is CCN(CC)S(=O)(=O)c1ccc(N2CCOCC2)c(C(=O)Nc2cc(C)nn2C)c1. The standard InChI is InChI=1S/C20H29N5O4S/c1-5-25(6-2)30(27,28)16-7-8-18(24-9-11-29-12-10-24)17(14-16)20(26)21-19-13-15(3)22-23(19)4/h7-8,13-14H,5-6,9-12H2,1-4H3,(H,21,26). The number of sulfonamides is 1. The van der Waals surface area contributed by atoms with E-state index in [-0.39, 0.29) is 10.8 Å². The van der Waals surface area contributed by atoms with E-state index in [4.69, 9.17) is 4.74 Å². The maximum absolute atomic E-state index is 13.2. The Morgan fingerprint density at radius 3 is 2.43 bits per heavy atom. The van der Waals surface area contributed by atoms with Gasteiger partial charge in [-0.2, -0.15) is 9.40 Å². The molecule has 0 unspecified atom stereocenters. The van der Waals surface area contributed by atoms with Crippen LogP contribution in [0.5, 0.6) is 0 Å². The molecular weight excluding hydrogens is 406 g/mol. The summed E-state index contributed by atoms with van der Waals surface area (Å²) in [6, 6.07) is 6.52. The summed E-state index contributed by atoms with van der Waals surface area (Å²) in [5, 5.41) is 7.10. The second-order valence-electron chi connectivity index (χ2n) is 7.12. The third kappa shape index (κ3) is 4.50. The van der Waals surface area contributed by atoms with Gasteiger partial charge in [0.05, 0.1) is 29.4 Å². The van der Waals surface area contributed by atoms with Crippen molar-refractivity contribution in [2.75, 3.05) is 49.6 Å². The number of nitrogens with zero attached hydrogens (tertiary/aromatic N) is 4. The van der Waals surface area contributed by atoms with Crippen LogP contribution in [0.25, 0.3) is 0 Å². The lowest BCUT2D eigenvalue weighted by molar-refractivity contribution is 0.102. The molecule has 2 aromatic rings. The van der Waals surface area contributed by atoms with Crippen molar-refractivity contribution in [3.05, 3.63) is 35.5 Å². The molecule has 1 aliphatic heterocycles. The van der Waals surface area contributed by atoms with Crippen LogP contribution in [0, 0.1) is 6.92 Å². The van der Waals surface area contributed by atoms with Crippen LogP contribution in [0.2, 0.25) is 0 Å². The summed E-state index contributed by atoms with van der Waals surface area (Å²) in [5.41, 5.74) is 1.77. The Bertz CT molecular complexity index is 1010. The Hall–Kier alpha value is -2.43.